The van der Waals surface area contributed by atoms with Gasteiger partial charge in [0.15, 0.2) is 0 Å². The van der Waals surface area contributed by atoms with Crippen LogP contribution in [0.3, 0.4) is 0 Å². The first-order valence-corrected chi connectivity index (χ1v) is 7.25. The van der Waals surface area contributed by atoms with Crippen LogP contribution in [0, 0.1) is 5.82 Å². The van der Waals surface area contributed by atoms with Crippen LogP contribution in [-0.2, 0) is 0 Å². The second kappa shape index (κ2) is 6.47. The molecule has 0 saturated heterocycles. The number of halogens is 1. The van der Waals surface area contributed by atoms with Crippen molar-refractivity contribution in [3.63, 3.8) is 0 Å². The van der Waals surface area contributed by atoms with Crippen LogP contribution >= 0.6 is 0 Å². The molecule has 2 aromatic rings. The van der Waals surface area contributed by atoms with E-state index in [-0.39, 0.29) is 11.5 Å². The SMILES string of the molecule is O=C(NCCN1CCOc2ccccc21)c1ccccc1F. The van der Waals surface area contributed by atoms with Gasteiger partial charge in [-0.3, -0.25) is 4.79 Å². The van der Waals surface area contributed by atoms with Crippen LogP contribution in [0.2, 0.25) is 0 Å². The van der Waals surface area contributed by atoms with Gasteiger partial charge >= 0.3 is 0 Å². The third kappa shape index (κ3) is 3.03. The number of nitrogens with one attached hydrogen (secondary N) is 1. The monoisotopic (exact) mass is 300 g/mol. The van der Waals surface area contributed by atoms with Gasteiger partial charge < -0.3 is 15.0 Å². The Balaban J connectivity index is 1.58. The molecule has 0 atom stereocenters. The highest BCUT2D eigenvalue weighted by Crippen LogP contribution is 2.30. The van der Waals surface area contributed by atoms with E-state index >= 15 is 0 Å². The van der Waals surface area contributed by atoms with Crippen molar-refractivity contribution in [3.05, 3.63) is 59.9 Å². The van der Waals surface area contributed by atoms with Crippen molar-refractivity contribution in [1.29, 1.82) is 0 Å². The molecule has 1 N–H and O–H groups in total. The molecule has 0 aliphatic carbocycles. The van der Waals surface area contributed by atoms with Gasteiger partial charge in [0, 0.05) is 13.1 Å². The topological polar surface area (TPSA) is 41.6 Å². The zero-order valence-corrected chi connectivity index (χ0v) is 12.1. The van der Waals surface area contributed by atoms with E-state index in [0.717, 1.165) is 18.0 Å². The standard InChI is InChI=1S/C17H17FN2O2/c18-14-6-2-1-5-13(14)17(21)19-9-10-20-11-12-22-16-8-4-3-7-15(16)20/h1-8H,9-12H2,(H,19,21). The fourth-order valence-electron chi connectivity index (χ4n) is 2.50. The van der Waals surface area contributed by atoms with Gasteiger partial charge in [-0.05, 0) is 24.3 Å². The van der Waals surface area contributed by atoms with Gasteiger partial charge in [0.05, 0.1) is 17.8 Å². The lowest BCUT2D eigenvalue weighted by molar-refractivity contribution is 0.0950. The van der Waals surface area contributed by atoms with E-state index in [2.05, 4.69) is 10.2 Å². The quantitative estimate of drug-likeness (QED) is 0.943. The second-order valence-electron chi connectivity index (χ2n) is 5.04. The maximum Gasteiger partial charge on any atom is 0.254 e. The summed E-state index contributed by atoms with van der Waals surface area (Å²) in [6.45, 7) is 2.49. The number of hydrogen-bond acceptors (Lipinski definition) is 3. The molecule has 5 heteroatoms. The van der Waals surface area contributed by atoms with Crippen LogP contribution in [0.1, 0.15) is 10.4 Å². The highest BCUT2D eigenvalue weighted by molar-refractivity contribution is 5.94. The van der Waals surface area contributed by atoms with Crippen molar-refractivity contribution in [2.45, 2.75) is 0 Å². The molecule has 0 saturated carbocycles. The predicted octanol–water partition coefficient (Wildman–Crippen LogP) is 2.45. The third-order valence-corrected chi connectivity index (χ3v) is 3.61. The van der Waals surface area contributed by atoms with Crippen LogP contribution in [-0.4, -0.2) is 32.1 Å². The molecular weight excluding hydrogens is 283 g/mol. The van der Waals surface area contributed by atoms with Gasteiger partial charge in [0.2, 0.25) is 0 Å². The molecule has 114 valence electrons. The fourth-order valence-corrected chi connectivity index (χ4v) is 2.50. The van der Waals surface area contributed by atoms with Crippen molar-refractivity contribution >= 4 is 11.6 Å². The number of benzene rings is 2. The van der Waals surface area contributed by atoms with Crippen LogP contribution in [0.4, 0.5) is 10.1 Å². The number of para-hydroxylation sites is 2. The molecule has 0 spiro atoms. The van der Waals surface area contributed by atoms with Gasteiger partial charge in [0.25, 0.3) is 5.91 Å². The highest BCUT2D eigenvalue weighted by atomic mass is 19.1. The number of ether oxygens (including phenoxy) is 1. The Bertz CT molecular complexity index is 675. The molecule has 0 bridgehead atoms. The van der Waals surface area contributed by atoms with E-state index < -0.39 is 5.82 Å². The first-order valence-electron chi connectivity index (χ1n) is 7.25. The smallest absolute Gasteiger partial charge is 0.254 e. The third-order valence-electron chi connectivity index (χ3n) is 3.61. The summed E-state index contributed by atoms with van der Waals surface area (Å²) in [6.07, 6.45) is 0. The normalized spacial score (nSPS) is 13.2. The number of carbonyl (C=O) groups is 1. The average Bonchev–Trinajstić information content (AvgIpc) is 2.55. The molecule has 1 aliphatic rings. The summed E-state index contributed by atoms with van der Waals surface area (Å²) in [4.78, 5) is 14.1. The van der Waals surface area contributed by atoms with Crippen molar-refractivity contribution in [1.82, 2.24) is 5.32 Å². The molecule has 1 aliphatic heterocycles. The van der Waals surface area contributed by atoms with Crippen molar-refractivity contribution < 1.29 is 13.9 Å². The van der Waals surface area contributed by atoms with Crippen LogP contribution in [0.5, 0.6) is 5.75 Å². The predicted molar refractivity (Wildman–Crippen MR) is 82.9 cm³/mol. The minimum atomic E-state index is -0.503. The molecule has 0 radical (unpaired) electrons. The van der Waals surface area contributed by atoms with E-state index in [4.69, 9.17) is 4.74 Å². The van der Waals surface area contributed by atoms with E-state index in [1.807, 2.05) is 24.3 Å². The highest BCUT2D eigenvalue weighted by Gasteiger charge is 2.17. The van der Waals surface area contributed by atoms with Gasteiger partial charge in [-0.1, -0.05) is 24.3 Å². The number of rotatable bonds is 4. The Morgan fingerprint density at radius 3 is 2.82 bits per heavy atom. The van der Waals surface area contributed by atoms with Crippen LogP contribution < -0.4 is 15.0 Å². The van der Waals surface area contributed by atoms with Crippen molar-refractivity contribution in [2.75, 3.05) is 31.1 Å². The van der Waals surface area contributed by atoms with Gasteiger partial charge in [-0.2, -0.15) is 0 Å². The number of hydrogen-bond donors (Lipinski definition) is 1. The summed E-state index contributed by atoms with van der Waals surface area (Å²) < 4.78 is 19.1. The molecule has 0 fully saturated rings. The molecule has 22 heavy (non-hydrogen) atoms. The van der Waals surface area contributed by atoms with Gasteiger partial charge in [-0.15, -0.1) is 0 Å². The zero-order chi connectivity index (χ0) is 15.4. The Morgan fingerprint density at radius 1 is 1.18 bits per heavy atom. The average molecular weight is 300 g/mol. The van der Waals surface area contributed by atoms with Crippen molar-refractivity contribution in [2.24, 2.45) is 0 Å². The number of anilines is 1. The molecule has 2 aromatic carbocycles. The lowest BCUT2D eigenvalue weighted by Crippen LogP contribution is -2.39. The van der Waals surface area contributed by atoms with E-state index in [0.29, 0.717) is 19.7 Å². The number of fused-ring (bicyclic) bond motifs is 1. The van der Waals surface area contributed by atoms with E-state index in [9.17, 15) is 9.18 Å². The Morgan fingerprint density at radius 2 is 1.95 bits per heavy atom. The number of amides is 1. The number of nitrogens with zero attached hydrogens (tertiary/aromatic N) is 1. The van der Waals surface area contributed by atoms with Crippen molar-refractivity contribution in [3.8, 4) is 5.75 Å². The summed E-state index contributed by atoms with van der Waals surface area (Å²) >= 11 is 0. The molecule has 1 heterocycles. The summed E-state index contributed by atoms with van der Waals surface area (Å²) in [5.74, 6) is -0.0365. The molecule has 1 amide bonds. The summed E-state index contributed by atoms with van der Waals surface area (Å²) in [5.41, 5.74) is 1.10. The zero-order valence-electron chi connectivity index (χ0n) is 12.1. The van der Waals surface area contributed by atoms with E-state index in [1.54, 1.807) is 12.1 Å². The van der Waals surface area contributed by atoms with Crippen LogP contribution in [0.15, 0.2) is 48.5 Å². The summed E-state index contributed by atoms with van der Waals surface area (Å²) in [6, 6.07) is 13.8. The Labute approximate surface area is 128 Å². The lowest BCUT2D eigenvalue weighted by Gasteiger charge is -2.31. The minimum absolute atomic E-state index is 0.0740. The van der Waals surface area contributed by atoms with Gasteiger partial charge in [0.1, 0.15) is 18.2 Å². The van der Waals surface area contributed by atoms with E-state index in [1.165, 1.54) is 12.1 Å². The maximum absolute atomic E-state index is 13.5. The molecule has 0 aromatic heterocycles. The fraction of sp³-hybridized carbons (Fsp3) is 0.235. The first kappa shape index (κ1) is 14.4. The first-order chi connectivity index (χ1) is 10.8. The Hall–Kier alpha value is -2.56. The molecular formula is C17H17FN2O2. The maximum atomic E-state index is 13.5. The number of carbonyl (C=O) groups excluding carboxylic acids is 1. The summed E-state index contributed by atoms with van der Waals surface area (Å²) in [5, 5.41) is 2.76. The van der Waals surface area contributed by atoms with Gasteiger partial charge in [-0.25, -0.2) is 4.39 Å². The molecule has 3 rings (SSSR count). The summed E-state index contributed by atoms with van der Waals surface area (Å²) in [7, 11) is 0. The minimum Gasteiger partial charge on any atom is -0.490 e. The molecule has 4 nitrogen and oxygen atoms in total. The van der Waals surface area contributed by atoms with Crippen LogP contribution in [0.25, 0.3) is 0 Å². The lowest BCUT2D eigenvalue weighted by atomic mass is 10.2. The Kier molecular flexibility index (Phi) is 4.23. The largest absolute Gasteiger partial charge is 0.490 e. The second-order valence-corrected chi connectivity index (χ2v) is 5.04. The molecule has 0 unspecified atom stereocenters.